The van der Waals surface area contributed by atoms with Gasteiger partial charge in [-0.15, -0.1) is 0 Å². The first-order valence-electron chi connectivity index (χ1n) is 10.4. The highest BCUT2D eigenvalue weighted by molar-refractivity contribution is 6.31. The van der Waals surface area contributed by atoms with Crippen molar-refractivity contribution < 1.29 is 19.1 Å². The molecule has 5 nitrogen and oxygen atoms in total. The van der Waals surface area contributed by atoms with Gasteiger partial charge in [-0.25, -0.2) is 0 Å². The summed E-state index contributed by atoms with van der Waals surface area (Å²) in [5.74, 6) is 1.37. The highest BCUT2D eigenvalue weighted by atomic mass is 35.5. The highest BCUT2D eigenvalue weighted by Gasteiger charge is 2.43. The normalized spacial score (nSPS) is 17.4. The number of carbonyl (C=O) groups excluding carboxylic acids is 2. The van der Waals surface area contributed by atoms with Crippen molar-refractivity contribution in [3.05, 3.63) is 58.1 Å². The van der Waals surface area contributed by atoms with Crippen LogP contribution in [0.4, 0.5) is 0 Å². The molecule has 2 aromatic carbocycles. The van der Waals surface area contributed by atoms with Gasteiger partial charge in [0.2, 0.25) is 0 Å². The van der Waals surface area contributed by atoms with E-state index in [-0.39, 0.29) is 18.3 Å². The third-order valence-electron chi connectivity index (χ3n) is 6.10. The molecule has 6 heteroatoms. The van der Waals surface area contributed by atoms with E-state index in [1.54, 1.807) is 11.0 Å². The maximum absolute atomic E-state index is 12.7. The molecule has 4 rings (SSSR count). The number of para-hydroxylation sites is 1. The minimum atomic E-state index is -0.545. The lowest BCUT2D eigenvalue weighted by atomic mass is 9.82. The van der Waals surface area contributed by atoms with E-state index in [9.17, 15) is 9.59 Å². The molecule has 0 atom stereocenters. The predicted octanol–water partition coefficient (Wildman–Crippen LogP) is 4.62. The van der Waals surface area contributed by atoms with Gasteiger partial charge < -0.3 is 14.4 Å². The van der Waals surface area contributed by atoms with Crippen molar-refractivity contribution in [3.8, 4) is 11.5 Å². The molecule has 158 valence electrons. The molecule has 1 amide bonds. The molecule has 0 unspecified atom stereocenters. The number of likely N-dealkylation sites (tertiary alicyclic amines) is 1. The summed E-state index contributed by atoms with van der Waals surface area (Å²) >= 11 is 6.17. The van der Waals surface area contributed by atoms with Crippen LogP contribution in [0.25, 0.3) is 0 Å². The molecule has 2 aromatic rings. The number of halogens is 1. The fraction of sp³-hybridized carbons (Fsp3) is 0.417. The second-order valence-corrected chi connectivity index (χ2v) is 8.52. The number of ether oxygens (including phenoxy) is 2. The van der Waals surface area contributed by atoms with E-state index in [0.29, 0.717) is 48.7 Å². The van der Waals surface area contributed by atoms with Crippen LogP contribution in [-0.2, 0) is 11.2 Å². The summed E-state index contributed by atoms with van der Waals surface area (Å²) in [6.45, 7) is 5.08. The van der Waals surface area contributed by atoms with Crippen molar-refractivity contribution >= 4 is 23.3 Å². The van der Waals surface area contributed by atoms with E-state index >= 15 is 0 Å². The van der Waals surface area contributed by atoms with Crippen molar-refractivity contribution in [3.63, 3.8) is 0 Å². The number of hydrogen-bond donors (Lipinski definition) is 0. The van der Waals surface area contributed by atoms with Gasteiger partial charge in [-0.2, -0.15) is 0 Å². The molecule has 0 aliphatic carbocycles. The smallest absolute Gasteiger partial charge is 0.260 e. The summed E-state index contributed by atoms with van der Waals surface area (Å²) in [7, 11) is 0. The van der Waals surface area contributed by atoms with Crippen LogP contribution in [0.2, 0.25) is 5.02 Å². The summed E-state index contributed by atoms with van der Waals surface area (Å²) in [5, 5.41) is 0.576. The molecule has 0 aromatic heterocycles. The van der Waals surface area contributed by atoms with Crippen molar-refractivity contribution in [2.45, 2.75) is 45.1 Å². The SMILES string of the molecule is CCc1ccccc1OCC(=O)N1CCC2(CC1)CC(=O)c1cc(Cl)c(C)cc1O2. The highest BCUT2D eigenvalue weighted by Crippen LogP contribution is 2.41. The van der Waals surface area contributed by atoms with E-state index < -0.39 is 5.60 Å². The Morgan fingerprint density at radius 2 is 1.97 bits per heavy atom. The quantitative estimate of drug-likeness (QED) is 0.714. The van der Waals surface area contributed by atoms with Gasteiger partial charge in [-0.05, 0) is 42.7 Å². The van der Waals surface area contributed by atoms with Gasteiger partial charge in [-0.3, -0.25) is 9.59 Å². The van der Waals surface area contributed by atoms with Crippen LogP contribution in [0.15, 0.2) is 36.4 Å². The van der Waals surface area contributed by atoms with E-state index in [0.717, 1.165) is 23.3 Å². The van der Waals surface area contributed by atoms with E-state index in [1.807, 2.05) is 37.3 Å². The van der Waals surface area contributed by atoms with Gasteiger partial charge in [0.05, 0.1) is 12.0 Å². The van der Waals surface area contributed by atoms with Gasteiger partial charge in [-0.1, -0.05) is 36.7 Å². The summed E-state index contributed by atoms with van der Waals surface area (Å²) in [4.78, 5) is 27.2. The lowest BCUT2D eigenvalue weighted by molar-refractivity contribution is -0.136. The zero-order chi connectivity index (χ0) is 21.3. The van der Waals surface area contributed by atoms with Crippen molar-refractivity contribution in [2.75, 3.05) is 19.7 Å². The molecule has 0 radical (unpaired) electrons. The Kier molecular flexibility index (Phi) is 5.74. The molecule has 2 aliphatic rings. The number of piperidine rings is 1. The standard InChI is InChI=1S/C24H26ClNO4/c1-3-17-6-4-5-7-21(17)29-15-23(28)26-10-8-24(9-11-26)14-20(27)18-13-19(25)16(2)12-22(18)30-24/h4-7,12-13H,3,8-11,14-15H2,1-2H3. The van der Waals surface area contributed by atoms with E-state index in [4.69, 9.17) is 21.1 Å². The molecule has 0 saturated carbocycles. The average Bonchev–Trinajstić information content (AvgIpc) is 2.74. The Balaban J connectivity index is 1.38. The zero-order valence-electron chi connectivity index (χ0n) is 17.4. The first-order chi connectivity index (χ1) is 14.4. The number of Topliss-reactive ketones (excluding diaryl/α,β-unsaturated/α-hetero) is 1. The summed E-state index contributed by atoms with van der Waals surface area (Å²) in [5.41, 5.74) is 1.98. The zero-order valence-corrected chi connectivity index (χ0v) is 18.1. The second kappa shape index (κ2) is 8.31. The molecule has 2 aliphatic heterocycles. The van der Waals surface area contributed by atoms with Crippen LogP contribution in [0, 0.1) is 6.92 Å². The third-order valence-corrected chi connectivity index (χ3v) is 6.51. The maximum Gasteiger partial charge on any atom is 0.260 e. The number of nitrogens with zero attached hydrogens (tertiary/aromatic N) is 1. The number of benzene rings is 2. The van der Waals surface area contributed by atoms with E-state index in [1.165, 1.54) is 0 Å². The molecular weight excluding hydrogens is 402 g/mol. The number of rotatable bonds is 4. The van der Waals surface area contributed by atoms with Crippen LogP contribution in [0.1, 0.15) is 47.7 Å². The Bertz CT molecular complexity index is 979. The minimum absolute atomic E-state index is 0.0182. The van der Waals surface area contributed by atoms with Crippen LogP contribution >= 0.6 is 11.6 Å². The van der Waals surface area contributed by atoms with Gasteiger partial charge in [0.1, 0.15) is 17.1 Å². The Hall–Kier alpha value is -2.53. The number of fused-ring (bicyclic) bond motifs is 1. The van der Waals surface area contributed by atoms with Crippen molar-refractivity contribution in [1.29, 1.82) is 0 Å². The largest absolute Gasteiger partial charge is 0.486 e. The number of hydrogen-bond acceptors (Lipinski definition) is 4. The molecule has 2 heterocycles. The third kappa shape index (κ3) is 4.04. The minimum Gasteiger partial charge on any atom is -0.486 e. The number of ketones is 1. The molecule has 1 spiro atoms. The first kappa shape index (κ1) is 20.7. The summed E-state index contributed by atoms with van der Waals surface area (Å²) < 4.78 is 12.1. The predicted molar refractivity (Wildman–Crippen MR) is 116 cm³/mol. The van der Waals surface area contributed by atoms with Crippen molar-refractivity contribution in [2.24, 2.45) is 0 Å². The Morgan fingerprint density at radius 3 is 2.70 bits per heavy atom. The molecule has 1 fully saturated rings. The molecular formula is C24H26ClNO4. The van der Waals surface area contributed by atoms with Crippen LogP contribution < -0.4 is 9.47 Å². The van der Waals surface area contributed by atoms with Crippen LogP contribution in [0.5, 0.6) is 11.5 Å². The Morgan fingerprint density at radius 1 is 1.23 bits per heavy atom. The van der Waals surface area contributed by atoms with E-state index in [2.05, 4.69) is 6.92 Å². The molecule has 1 saturated heterocycles. The molecule has 0 N–H and O–H groups in total. The van der Waals surface area contributed by atoms with Gasteiger partial charge in [0, 0.05) is 31.0 Å². The summed E-state index contributed by atoms with van der Waals surface area (Å²) in [6, 6.07) is 11.3. The molecule has 0 bridgehead atoms. The second-order valence-electron chi connectivity index (χ2n) is 8.11. The topological polar surface area (TPSA) is 55.8 Å². The first-order valence-corrected chi connectivity index (χ1v) is 10.8. The molecule has 30 heavy (non-hydrogen) atoms. The number of carbonyl (C=O) groups is 2. The van der Waals surface area contributed by atoms with Gasteiger partial charge in [0.25, 0.3) is 5.91 Å². The number of amides is 1. The van der Waals surface area contributed by atoms with Crippen LogP contribution in [0.3, 0.4) is 0 Å². The fourth-order valence-electron chi connectivity index (χ4n) is 4.22. The van der Waals surface area contributed by atoms with Crippen molar-refractivity contribution in [1.82, 2.24) is 4.90 Å². The van der Waals surface area contributed by atoms with Crippen LogP contribution in [-0.4, -0.2) is 41.9 Å². The van der Waals surface area contributed by atoms with Gasteiger partial charge >= 0.3 is 0 Å². The maximum atomic E-state index is 12.7. The fourth-order valence-corrected chi connectivity index (χ4v) is 4.39. The van der Waals surface area contributed by atoms with Gasteiger partial charge in [0.15, 0.2) is 12.4 Å². The average molecular weight is 428 g/mol. The summed E-state index contributed by atoms with van der Waals surface area (Å²) in [6.07, 6.45) is 2.42. The lowest BCUT2D eigenvalue weighted by Crippen LogP contribution is -2.53. The monoisotopic (exact) mass is 427 g/mol. The Labute approximate surface area is 181 Å². The number of aryl methyl sites for hydroxylation is 2. The lowest BCUT2D eigenvalue weighted by Gasteiger charge is -2.44.